The topological polar surface area (TPSA) is 15.3 Å². The van der Waals surface area contributed by atoms with E-state index in [9.17, 15) is 0 Å². The number of thioether (sulfide) groups is 1. The van der Waals surface area contributed by atoms with Crippen LogP contribution in [-0.2, 0) is 0 Å². The van der Waals surface area contributed by atoms with Gasteiger partial charge in [-0.1, -0.05) is 13.8 Å². The number of nitrogens with zero attached hydrogens (tertiary/aromatic N) is 1. The van der Waals surface area contributed by atoms with Crippen molar-refractivity contribution in [2.75, 3.05) is 32.4 Å². The molecule has 16 heavy (non-hydrogen) atoms. The zero-order valence-corrected chi connectivity index (χ0v) is 12.0. The third-order valence-corrected chi connectivity index (χ3v) is 4.69. The van der Waals surface area contributed by atoms with Gasteiger partial charge < -0.3 is 10.2 Å². The zero-order chi connectivity index (χ0) is 11.8. The van der Waals surface area contributed by atoms with Crippen molar-refractivity contribution in [2.24, 2.45) is 0 Å². The Morgan fingerprint density at radius 1 is 1.38 bits per heavy atom. The predicted molar refractivity (Wildman–Crippen MR) is 75.3 cm³/mol. The first kappa shape index (κ1) is 14.3. The average molecular weight is 244 g/mol. The minimum atomic E-state index is 0.769. The molecule has 1 aliphatic rings. The van der Waals surface area contributed by atoms with E-state index in [4.69, 9.17) is 0 Å². The van der Waals surface area contributed by atoms with E-state index in [0.717, 1.165) is 11.3 Å². The van der Waals surface area contributed by atoms with Crippen LogP contribution in [0, 0.1) is 0 Å². The highest BCUT2D eigenvalue weighted by Crippen LogP contribution is 2.12. The van der Waals surface area contributed by atoms with Crippen LogP contribution in [0.5, 0.6) is 0 Å². The van der Waals surface area contributed by atoms with E-state index in [1.54, 1.807) is 0 Å². The summed E-state index contributed by atoms with van der Waals surface area (Å²) in [5, 5.41) is 4.53. The fourth-order valence-corrected chi connectivity index (χ4v) is 2.64. The molecule has 1 N–H and O–H groups in total. The van der Waals surface area contributed by atoms with Crippen molar-refractivity contribution in [1.29, 1.82) is 0 Å². The van der Waals surface area contributed by atoms with Crippen LogP contribution in [0.3, 0.4) is 0 Å². The SMILES string of the molecule is CCN1CCCC(NCCC(C)SC)CC1. The molecule has 0 spiro atoms. The lowest BCUT2D eigenvalue weighted by atomic mass is 10.1. The number of likely N-dealkylation sites (tertiary alicyclic amines) is 1. The van der Waals surface area contributed by atoms with Crippen LogP contribution >= 0.6 is 11.8 Å². The van der Waals surface area contributed by atoms with Crippen molar-refractivity contribution in [1.82, 2.24) is 10.2 Å². The van der Waals surface area contributed by atoms with Crippen molar-refractivity contribution in [3.63, 3.8) is 0 Å². The second-order valence-electron chi connectivity index (χ2n) is 4.85. The van der Waals surface area contributed by atoms with Gasteiger partial charge in [-0.25, -0.2) is 0 Å². The van der Waals surface area contributed by atoms with Crippen LogP contribution in [0.1, 0.15) is 39.5 Å². The van der Waals surface area contributed by atoms with E-state index >= 15 is 0 Å². The summed E-state index contributed by atoms with van der Waals surface area (Å²) >= 11 is 1.97. The Labute approximate surface area is 106 Å². The van der Waals surface area contributed by atoms with E-state index in [1.165, 1.54) is 51.9 Å². The predicted octanol–water partition coefficient (Wildman–Crippen LogP) is 2.59. The van der Waals surface area contributed by atoms with Crippen LogP contribution in [0.25, 0.3) is 0 Å². The lowest BCUT2D eigenvalue weighted by Gasteiger charge is -2.19. The van der Waals surface area contributed by atoms with Crippen molar-refractivity contribution < 1.29 is 0 Å². The van der Waals surface area contributed by atoms with Gasteiger partial charge in [-0.3, -0.25) is 0 Å². The molecule has 2 unspecified atom stereocenters. The minimum Gasteiger partial charge on any atom is -0.314 e. The number of rotatable bonds is 6. The highest BCUT2D eigenvalue weighted by atomic mass is 32.2. The number of nitrogens with one attached hydrogen (secondary N) is 1. The maximum Gasteiger partial charge on any atom is 0.00797 e. The molecule has 2 nitrogen and oxygen atoms in total. The first-order valence-corrected chi connectivity index (χ1v) is 8.03. The Hall–Kier alpha value is 0.270. The van der Waals surface area contributed by atoms with E-state index in [0.29, 0.717) is 0 Å². The van der Waals surface area contributed by atoms with Crippen LogP contribution in [-0.4, -0.2) is 48.6 Å². The van der Waals surface area contributed by atoms with E-state index in [2.05, 4.69) is 30.3 Å². The summed E-state index contributed by atoms with van der Waals surface area (Å²) in [7, 11) is 0. The average Bonchev–Trinajstić information content (AvgIpc) is 2.54. The van der Waals surface area contributed by atoms with Gasteiger partial charge in [0.25, 0.3) is 0 Å². The van der Waals surface area contributed by atoms with Crippen molar-refractivity contribution in [2.45, 2.75) is 50.8 Å². The molecule has 1 fully saturated rings. The summed E-state index contributed by atoms with van der Waals surface area (Å²) in [5.74, 6) is 0. The minimum absolute atomic E-state index is 0.769. The largest absolute Gasteiger partial charge is 0.314 e. The van der Waals surface area contributed by atoms with Crippen molar-refractivity contribution in [3.8, 4) is 0 Å². The van der Waals surface area contributed by atoms with E-state index in [-0.39, 0.29) is 0 Å². The molecule has 1 rings (SSSR count). The first-order valence-electron chi connectivity index (χ1n) is 6.74. The Morgan fingerprint density at radius 2 is 2.19 bits per heavy atom. The van der Waals surface area contributed by atoms with Crippen LogP contribution in [0.2, 0.25) is 0 Å². The van der Waals surface area contributed by atoms with Gasteiger partial charge in [0.15, 0.2) is 0 Å². The van der Waals surface area contributed by atoms with Gasteiger partial charge in [0.2, 0.25) is 0 Å². The molecule has 0 amide bonds. The van der Waals surface area contributed by atoms with Gasteiger partial charge in [-0.2, -0.15) is 11.8 Å². The molecule has 96 valence electrons. The maximum atomic E-state index is 3.73. The lowest BCUT2D eigenvalue weighted by molar-refractivity contribution is 0.297. The zero-order valence-electron chi connectivity index (χ0n) is 11.2. The molecule has 3 heteroatoms. The second kappa shape index (κ2) is 8.37. The molecular weight excluding hydrogens is 216 g/mol. The molecule has 0 bridgehead atoms. The normalized spacial score (nSPS) is 25.3. The summed E-state index contributed by atoms with van der Waals surface area (Å²) < 4.78 is 0. The van der Waals surface area contributed by atoms with E-state index in [1.807, 2.05) is 11.8 Å². The number of hydrogen-bond donors (Lipinski definition) is 1. The monoisotopic (exact) mass is 244 g/mol. The molecule has 2 atom stereocenters. The van der Waals surface area contributed by atoms with Crippen LogP contribution in [0.15, 0.2) is 0 Å². The van der Waals surface area contributed by atoms with Crippen LogP contribution in [0.4, 0.5) is 0 Å². The van der Waals surface area contributed by atoms with Gasteiger partial charge in [0.1, 0.15) is 0 Å². The van der Waals surface area contributed by atoms with Gasteiger partial charge in [-0.15, -0.1) is 0 Å². The highest BCUT2D eigenvalue weighted by molar-refractivity contribution is 7.99. The Balaban J connectivity index is 2.12. The fraction of sp³-hybridized carbons (Fsp3) is 1.00. The molecule has 1 saturated heterocycles. The van der Waals surface area contributed by atoms with Crippen molar-refractivity contribution in [3.05, 3.63) is 0 Å². The molecule has 0 aromatic heterocycles. The third kappa shape index (κ3) is 5.55. The Bertz CT molecular complexity index is 175. The quantitative estimate of drug-likeness (QED) is 0.773. The van der Waals surface area contributed by atoms with Crippen LogP contribution < -0.4 is 5.32 Å². The smallest absolute Gasteiger partial charge is 0.00797 e. The van der Waals surface area contributed by atoms with Gasteiger partial charge in [0, 0.05) is 11.3 Å². The van der Waals surface area contributed by atoms with Gasteiger partial charge >= 0.3 is 0 Å². The molecule has 0 aromatic carbocycles. The summed E-state index contributed by atoms with van der Waals surface area (Å²) in [6.07, 6.45) is 7.57. The standard InChI is InChI=1S/C13H28N2S/c1-4-15-10-5-6-13(8-11-15)14-9-7-12(2)16-3/h12-14H,4-11H2,1-3H3. The Morgan fingerprint density at radius 3 is 2.88 bits per heavy atom. The summed E-state index contributed by atoms with van der Waals surface area (Å²) in [6.45, 7) is 9.59. The summed E-state index contributed by atoms with van der Waals surface area (Å²) in [6, 6.07) is 0.769. The summed E-state index contributed by atoms with van der Waals surface area (Å²) in [5.41, 5.74) is 0. The van der Waals surface area contributed by atoms with Gasteiger partial charge in [0.05, 0.1) is 0 Å². The molecule has 0 radical (unpaired) electrons. The maximum absolute atomic E-state index is 3.73. The molecular formula is C13H28N2S. The summed E-state index contributed by atoms with van der Waals surface area (Å²) in [4.78, 5) is 2.58. The van der Waals surface area contributed by atoms with Gasteiger partial charge in [-0.05, 0) is 58.1 Å². The molecule has 0 saturated carbocycles. The fourth-order valence-electron chi connectivity index (χ4n) is 2.28. The highest BCUT2D eigenvalue weighted by Gasteiger charge is 2.15. The first-order chi connectivity index (χ1) is 7.76. The molecule has 1 aliphatic heterocycles. The second-order valence-corrected chi connectivity index (χ2v) is 6.13. The third-order valence-electron chi connectivity index (χ3n) is 3.65. The Kier molecular flexibility index (Phi) is 7.50. The van der Waals surface area contributed by atoms with E-state index < -0.39 is 0 Å². The molecule has 0 aromatic rings. The molecule has 1 heterocycles. The number of hydrogen-bond acceptors (Lipinski definition) is 3. The molecule has 0 aliphatic carbocycles. The van der Waals surface area contributed by atoms with Crippen molar-refractivity contribution >= 4 is 11.8 Å². The lowest BCUT2D eigenvalue weighted by Crippen LogP contribution is -2.32.